The Morgan fingerprint density at radius 1 is 1.12 bits per heavy atom. The average molecular weight is 339 g/mol. The molecule has 2 N–H and O–H groups in total. The highest BCUT2D eigenvalue weighted by Gasteiger charge is 2.22. The summed E-state index contributed by atoms with van der Waals surface area (Å²) in [5.74, 6) is -1.53. The summed E-state index contributed by atoms with van der Waals surface area (Å²) in [5.41, 5.74) is 5.67. The van der Waals surface area contributed by atoms with Crippen molar-refractivity contribution in [3.63, 3.8) is 0 Å². The molecule has 1 aliphatic carbocycles. The van der Waals surface area contributed by atoms with Crippen molar-refractivity contribution in [2.45, 2.75) is 19.3 Å². The lowest BCUT2D eigenvalue weighted by molar-refractivity contribution is 0.0950. The largest absolute Gasteiger partial charge is 0.358 e. The van der Waals surface area contributed by atoms with Gasteiger partial charge in [0.1, 0.15) is 11.6 Å². The summed E-state index contributed by atoms with van der Waals surface area (Å²) in [7, 11) is 0. The van der Waals surface area contributed by atoms with Crippen LogP contribution in [0, 0.1) is 11.6 Å². The minimum atomic E-state index is -0.608. The van der Waals surface area contributed by atoms with Gasteiger partial charge in [-0.2, -0.15) is 5.10 Å². The van der Waals surface area contributed by atoms with Crippen molar-refractivity contribution in [1.82, 2.24) is 10.4 Å². The van der Waals surface area contributed by atoms with Gasteiger partial charge in [-0.1, -0.05) is 12.1 Å². The van der Waals surface area contributed by atoms with E-state index >= 15 is 0 Å². The molecular weight excluding hydrogens is 324 g/mol. The van der Waals surface area contributed by atoms with E-state index < -0.39 is 11.7 Å². The van der Waals surface area contributed by atoms with Gasteiger partial charge >= 0.3 is 0 Å². The highest BCUT2D eigenvalue weighted by atomic mass is 19.1. The van der Waals surface area contributed by atoms with Crippen LogP contribution in [0.15, 0.2) is 47.6 Å². The number of nitrogens with zero attached hydrogens (tertiary/aromatic N) is 1. The second-order valence-electron chi connectivity index (χ2n) is 6.00. The van der Waals surface area contributed by atoms with Gasteiger partial charge in [0.05, 0.1) is 11.3 Å². The lowest BCUT2D eigenvalue weighted by Gasteiger charge is -2.14. The molecule has 0 bridgehead atoms. The number of carbonyl (C=O) groups is 1. The number of H-pyrrole nitrogens is 1. The number of hydrazone groups is 1. The van der Waals surface area contributed by atoms with Crippen molar-refractivity contribution in [1.29, 1.82) is 0 Å². The van der Waals surface area contributed by atoms with Crippen LogP contribution in [0.4, 0.5) is 8.78 Å². The molecule has 0 aliphatic heterocycles. The zero-order chi connectivity index (χ0) is 17.4. The van der Waals surface area contributed by atoms with Crippen LogP contribution in [0.5, 0.6) is 0 Å². The van der Waals surface area contributed by atoms with E-state index in [4.69, 9.17) is 0 Å². The second-order valence-corrected chi connectivity index (χ2v) is 6.00. The van der Waals surface area contributed by atoms with Crippen molar-refractivity contribution < 1.29 is 13.6 Å². The van der Waals surface area contributed by atoms with Crippen LogP contribution in [-0.2, 0) is 6.42 Å². The minimum Gasteiger partial charge on any atom is -0.358 e. The Bertz CT molecular complexity index is 1010. The molecule has 0 saturated carbocycles. The summed E-state index contributed by atoms with van der Waals surface area (Å²) < 4.78 is 27.3. The lowest BCUT2D eigenvalue weighted by atomic mass is 9.93. The average Bonchev–Trinajstić information content (AvgIpc) is 2.98. The smallest absolute Gasteiger partial charge is 0.274 e. The number of fused-ring (bicyclic) bond motifs is 3. The molecule has 1 amide bonds. The molecule has 4 nitrogen and oxygen atoms in total. The summed E-state index contributed by atoms with van der Waals surface area (Å²) >= 11 is 0. The predicted octanol–water partition coefficient (Wildman–Crippen LogP) is 3.92. The standard InChI is InChI=1S/C19H15F2N3O/c20-11-8-9-15-13(10-11)18-16(22-15)6-3-7-17(18)23-24-19(25)12-4-1-2-5-14(12)21/h1-2,4-5,8-10,22H,3,6-7H2,(H,24,25)/b23-17+. The molecule has 1 heterocycles. The molecular formula is C19H15F2N3O. The summed E-state index contributed by atoms with van der Waals surface area (Å²) in [4.78, 5) is 15.4. The van der Waals surface area contributed by atoms with Gasteiger partial charge in [0, 0.05) is 22.2 Å². The predicted molar refractivity (Wildman–Crippen MR) is 91.6 cm³/mol. The number of carbonyl (C=O) groups excluding carboxylic acids is 1. The molecule has 25 heavy (non-hydrogen) atoms. The van der Waals surface area contributed by atoms with E-state index in [0.29, 0.717) is 12.1 Å². The fraction of sp³-hybridized carbons (Fsp3) is 0.158. The minimum absolute atomic E-state index is 0.0622. The number of benzene rings is 2. The zero-order valence-electron chi connectivity index (χ0n) is 13.3. The number of aromatic nitrogens is 1. The Balaban J connectivity index is 1.70. The summed E-state index contributed by atoms with van der Waals surface area (Å²) in [5, 5.41) is 4.95. The van der Waals surface area contributed by atoms with E-state index in [-0.39, 0.29) is 11.4 Å². The van der Waals surface area contributed by atoms with Gasteiger partial charge in [-0.3, -0.25) is 4.79 Å². The Hall–Kier alpha value is -3.02. The molecule has 0 radical (unpaired) electrons. The lowest BCUT2D eigenvalue weighted by Crippen LogP contribution is -2.22. The number of halogens is 2. The van der Waals surface area contributed by atoms with E-state index in [1.807, 2.05) is 0 Å². The molecule has 2 aromatic carbocycles. The molecule has 0 unspecified atom stereocenters. The molecule has 0 atom stereocenters. The molecule has 0 spiro atoms. The van der Waals surface area contributed by atoms with Crippen LogP contribution in [0.1, 0.15) is 34.5 Å². The van der Waals surface area contributed by atoms with Crippen molar-refractivity contribution >= 4 is 22.5 Å². The Labute approximate surface area is 142 Å². The number of nitrogens with one attached hydrogen (secondary N) is 2. The van der Waals surface area contributed by atoms with E-state index in [1.54, 1.807) is 12.1 Å². The topological polar surface area (TPSA) is 57.2 Å². The van der Waals surface area contributed by atoms with Crippen LogP contribution in [0.25, 0.3) is 10.9 Å². The van der Waals surface area contributed by atoms with Crippen molar-refractivity contribution in [3.8, 4) is 0 Å². The summed E-state index contributed by atoms with van der Waals surface area (Å²) in [6.45, 7) is 0. The molecule has 4 rings (SSSR count). The Kier molecular flexibility index (Phi) is 3.80. The third-order valence-electron chi connectivity index (χ3n) is 4.38. The maximum Gasteiger partial charge on any atom is 0.274 e. The zero-order valence-corrected chi connectivity index (χ0v) is 13.3. The van der Waals surface area contributed by atoms with Crippen LogP contribution < -0.4 is 5.43 Å². The molecule has 0 saturated heterocycles. The molecule has 3 aromatic rings. The van der Waals surface area contributed by atoms with Gasteiger partial charge in [0.25, 0.3) is 5.91 Å². The van der Waals surface area contributed by atoms with Gasteiger partial charge in [0.15, 0.2) is 0 Å². The van der Waals surface area contributed by atoms with Gasteiger partial charge in [0.2, 0.25) is 0 Å². The first-order valence-electron chi connectivity index (χ1n) is 8.05. The third-order valence-corrected chi connectivity index (χ3v) is 4.38. The van der Waals surface area contributed by atoms with Gasteiger partial charge in [-0.15, -0.1) is 0 Å². The van der Waals surface area contributed by atoms with E-state index in [2.05, 4.69) is 15.5 Å². The van der Waals surface area contributed by atoms with E-state index in [0.717, 1.165) is 35.0 Å². The van der Waals surface area contributed by atoms with Gasteiger partial charge in [-0.05, 0) is 49.6 Å². The van der Waals surface area contributed by atoms with Gasteiger partial charge < -0.3 is 4.98 Å². The number of amides is 1. The number of aryl methyl sites for hydroxylation is 1. The van der Waals surface area contributed by atoms with Crippen molar-refractivity contribution in [2.24, 2.45) is 5.10 Å². The molecule has 6 heteroatoms. The normalized spacial score (nSPS) is 15.4. The van der Waals surface area contributed by atoms with Crippen molar-refractivity contribution in [3.05, 3.63) is 70.9 Å². The van der Waals surface area contributed by atoms with Crippen LogP contribution in [0.3, 0.4) is 0 Å². The Morgan fingerprint density at radius 3 is 2.80 bits per heavy atom. The van der Waals surface area contributed by atoms with Gasteiger partial charge in [-0.25, -0.2) is 14.2 Å². The van der Waals surface area contributed by atoms with Crippen LogP contribution in [0.2, 0.25) is 0 Å². The highest BCUT2D eigenvalue weighted by Crippen LogP contribution is 2.30. The highest BCUT2D eigenvalue weighted by molar-refractivity contribution is 6.13. The summed E-state index contributed by atoms with van der Waals surface area (Å²) in [6, 6.07) is 10.3. The molecule has 0 fully saturated rings. The number of rotatable bonds is 2. The molecule has 126 valence electrons. The first kappa shape index (κ1) is 15.5. The number of hydrogen-bond donors (Lipinski definition) is 2. The maximum absolute atomic E-state index is 13.7. The third kappa shape index (κ3) is 2.80. The fourth-order valence-electron chi connectivity index (χ4n) is 3.23. The first-order chi connectivity index (χ1) is 12.1. The number of aromatic amines is 1. The quantitative estimate of drug-likeness (QED) is 0.683. The molecule has 1 aromatic heterocycles. The maximum atomic E-state index is 13.7. The van der Waals surface area contributed by atoms with E-state index in [1.165, 1.54) is 30.3 Å². The molecule has 1 aliphatic rings. The van der Waals surface area contributed by atoms with E-state index in [9.17, 15) is 13.6 Å². The second kappa shape index (κ2) is 6.12. The van der Waals surface area contributed by atoms with Crippen LogP contribution in [-0.4, -0.2) is 16.6 Å². The van der Waals surface area contributed by atoms with Crippen molar-refractivity contribution in [2.75, 3.05) is 0 Å². The monoisotopic (exact) mass is 339 g/mol. The SMILES string of the molecule is O=C(N/N=C1\CCCc2[nH]c3ccc(F)cc3c21)c1ccccc1F. The summed E-state index contributed by atoms with van der Waals surface area (Å²) in [6.07, 6.45) is 2.37. The first-order valence-corrected chi connectivity index (χ1v) is 8.05. The number of hydrogen-bond acceptors (Lipinski definition) is 2. The van der Waals surface area contributed by atoms with Crippen LogP contribution >= 0.6 is 0 Å². The Morgan fingerprint density at radius 2 is 1.96 bits per heavy atom. The fourth-order valence-corrected chi connectivity index (χ4v) is 3.23.